The van der Waals surface area contributed by atoms with Gasteiger partial charge in [-0.25, -0.2) is 15.0 Å². The molecule has 0 saturated carbocycles. The summed E-state index contributed by atoms with van der Waals surface area (Å²) in [7, 11) is 3.93. The molecular formula is C30H32N8O3. The lowest BCUT2D eigenvalue weighted by Crippen LogP contribution is -2.39. The Labute approximate surface area is 237 Å². The molecule has 2 amide bonds. The van der Waals surface area contributed by atoms with Crippen molar-refractivity contribution in [3.63, 3.8) is 0 Å². The van der Waals surface area contributed by atoms with Crippen LogP contribution in [0.1, 0.15) is 28.6 Å². The van der Waals surface area contributed by atoms with Crippen molar-refractivity contribution in [2.75, 3.05) is 44.9 Å². The maximum Gasteiger partial charge on any atom is 0.256 e. The number of carbonyl (C=O) groups excluding carboxylic acids is 2. The predicted octanol–water partition coefficient (Wildman–Crippen LogP) is 3.03. The van der Waals surface area contributed by atoms with Gasteiger partial charge in [0.05, 0.1) is 25.3 Å². The number of pyridine rings is 1. The molecule has 3 atom stereocenters. The number of hydrogen-bond donors (Lipinski definition) is 2. The van der Waals surface area contributed by atoms with Gasteiger partial charge in [0.15, 0.2) is 0 Å². The second-order valence-corrected chi connectivity index (χ2v) is 10.6. The van der Waals surface area contributed by atoms with Crippen LogP contribution in [-0.2, 0) is 9.53 Å². The van der Waals surface area contributed by atoms with Crippen molar-refractivity contribution < 1.29 is 14.3 Å². The number of nitrogens with one attached hydrogen (secondary N) is 1. The molecule has 4 aromatic rings. The molecule has 2 aliphatic rings. The van der Waals surface area contributed by atoms with E-state index in [0.29, 0.717) is 48.2 Å². The Morgan fingerprint density at radius 2 is 1.95 bits per heavy atom. The molecule has 0 aliphatic carbocycles. The van der Waals surface area contributed by atoms with E-state index in [1.165, 1.54) is 0 Å². The van der Waals surface area contributed by atoms with E-state index in [0.717, 1.165) is 17.8 Å². The van der Waals surface area contributed by atoms with Crippen molar-refractivity contribution in [3.05, 3.63) is 84.6 Å². The van der Waals surface area contributed by atoms with Gasteiger partial charge in [0.25, 0.3) is 5.91 Å². The molecule has 2 aliphatic heterocycles. The summed E-state index contributed by atoms with van der Waals surface area (Å²) in [4.78, 5) is 43.7. The Morgan fingerprint density at radius 3 is 2.71 bits per heavy atom. The van der Waals surface area contributed by atoms with Crippen LogP contribution in [-0.4, -0.2) is 80.9 Å². The normalized spacial score (nSPS) is 20.3. The summed E-state index contributed by atoms with van der Waals surface area (Å²) in [5, 5.41) is 2.80. The van der Waals surface area contributed by atoms with Gasteiger partial charge in [0.1, 0.15) is 28.7 Å². The van der Waals surface area contributed by atoms with Crippen LogP contribution in [0, 0.1) is 5.92 Å². The highest BCUT2D eigenvalue weighted by atomic mass is 16.5. The van der Waals surface area contributed by atoms with Crippen molar-refractivity contribution in [2.24, 2.45) is 5.92 Å². The molecule has 0 bridgehead atoms. The molecule has 1 aromatic carbocycles. The number of nitrogen functional groups attached to an aromatic ring is 1. The first kappa shape index (κ1) is 26.6. The quantitative estimate of drug-likeness (QED) is 0.335. The Kier molecular flexibility index (Phi) is 7.21. The minimum Gasteiger partial charge on any atom is -0.382 e. The molecule has 0 spiro atoms. The van der Waals surface area contributed by atoms with Gasteiger partial charge in [0.2, 0.25) is 5.91 Å². The van der Waals surface area contributed by atoms with Gasteiger partial charge in [-0.1, -0.05) is 24.3 Å². The number of ether oxygens (including phenoxy) is 1. The van der Waals surface area contributed by atoms with Gasteiger partial charge in [-0.05, 0) is 44.8 Å². The van der Waals surface area contributed by atoms with Crippen LogP contribution >= 0.6 is 0 Å². The van der Waals surface area contributed by atoms with E-state index >= 15 is 0 Å². The number of aromatic nitrogens is 4. The lowest BCUT2D eigenvalue weighted by Gasteiger charge is -2.27. The van der Waals surface area contributed by atoms with Crippen molar-refractivity contribution in [2.45, 2.75) is 18.5 Å². The zero-order valence-corrected chi connectivity index (χ0v) is 23.0. The number of fused-ring (bicyclic) bond motifs is 2. The van der Waals surface area contributed by atoms with Crippen LogP contribution in [0.2, 0.25) is 0 Å². The Hall–Kier alpha value is -4.61. The first-order chi connectivity index (χ1) is 19.9. The monoisotopic (exact) mass is 552 g/mol. The second-order valence-electron chi connectivity index (χ2n) is 10.6. The van der Waals surface area contributed by atoms with Crippen LogP contribution in [0.4, 0.5) is 11.6 Å². The molecule has 3 aromatic heterocycles. The fraction of sp³-hybridized carbons (Fsp3) is 0.300. The number of benzene rings is 1. The zero-order chi connectivity index (χ0) is 28.5. The molecule has 11 heteroatoms. The summed E-state index contributed by atoms with van der Waals surface area (Å²) in [6.07, 6.45) is 9.37. The average Bonchev–Trinajstić information content (AvgIpc) is 3.67. The first-order valence-electron chi connectivity index (χ1n) is 13.6. The van der Waals surface area contributed by atoms with E-state index in [4.69, 9.17) is 15.5 Å². The van der Waals surface area contributed by atoms with E-state index in [9.17, 15) is 9.59 Å². The van der Waals surface area contributed by atoms with Gasteiger partial charge in [-0.15, -0.1) is 0 Å². The highest BCUT2D eigenvalue weighted by Crippen LogP contribution is 2.44. The van der Waals surface area contributed by atoms with E-state index in [-0.39, 0.29) is 29.8 Å². The second kappa shape index (κ2) is 11.1. The summed E-state index contributed by atoms with van der Waals surface area (Å²) in [6.45, 7) is 1.80. The van der Waals surface area contributed by atoms with Gasteiger partial charge < -0.3 is 25.6 Å². The number of anilines is 2. The third-order valence-electron chi connectivity index (χ3n) is 7.60. The molecule has 3 N–H and O–H groups in total. The molecule has 5 heterocycles. The van der Waals surface area contributed by atoms with Gasteiger partial charge in [0, 0.05) is 48.3 Å². The van der Waals surface area contributed by atoms with Gasteiger partial charge in [-0.2, -0.15) is 0 Å². The van der Waals surface area contributed by atoms with E-state index < -0.39 is 0 Å². The summed E-state index contributed by atoms with van der Waals surface area (Å²) in [5.74, 6) is 1.46. The largest absolute Gasteiger partial charge is 0.382 e. The van der Waals surface area contributed by atoms with Crippen molar-refractivity contribution >= 4 is 29.0 Å². The van der Waals surface area contributed by atoms with Crippen molar-refractivity contribution in [1.29, 1.82) is 0 Å². The first-order valence-corrected chi connectivity index (χ1v) is 13.6. The summed E-state index contributed by atoms with van der Waals surface area (Å²) in [5.41, 5.74) is 8.97. The molecule has 11 nitrogen and oxygen atoms in total. The van der Waals surface area contributed by atoms with Crippen LogP contribution in [0.15, 0.2) is 73.2 Å². The fourth-order valence-corrected chi connectivity index (χ4v) is 5.68. The predicted molar refractivity (Wildman–Crippen MR) is 155 cm³/mol. The number of nitrogens with zero attached hydrogens (tertiary/aromatic N) is 6. The Bertz CT molecular complexity index is 1600. The molecule has 41 heavy (non-hydrogen) atoms. The highest BCUT2D eigenvalue weighted by Gasteiger charge is 2.48. The molecule has 0 unspecified atom stereocenters. The number of nitrogens with two attached hydrogens (primary N) is 1. The molecule has 0 radical (unpaired) electrons. The van der Waals surface area contributed by atoms with E-state index in [1.54, 1.807) is 42.7 Å². The smallest absolute Gasteiger partial charge is 0.256 e. The number of likely N-dealkylation sites (tertiary alicyclic amines) is 1. The van der Waals surface area contributed by atoms with Crippen LogP contribution < -0.4 is 11.1 Å². The number of rotatable bonds is 7. The third kappa shape index (κ3) is 5.17. The van der Waals surface area contributed by atoms with Gasteiger partial charge in [-0.3, -0.25) is 14.0 Å². The molecule has 6 rings (SSSR count). The maximum atomic E-state index is 13.5. The Balaban J connectivity index is 1.35. The molecule has 210 valence electrons. The van der Waals surface area contributed by atoms with Crippen molar-refractivity contribution in [1.82, 2.24) is 29.2 Å². The molecular weight excluding hydrogens is 520 g/mol. The van der Waals surface area contributed by atoms with Crippen LogP contribution in [0.5, 0.6) is 0 Å². The number of imidazole rings is 1. The minimum atomic E-state index is -0.261. The van der Waals surface area contributed by atoms with Crippen LogP contribution in [0.3, 0.4) is 0 Å². The number of amides is 2. The molecule has 2 fully saturated rings. The number of hydrogen-bond acceptors (Lipinski definition) is 8. The average molecular weight is 553 g/mol. The summed E-state index contributed by atoms with van der Waals surface area (Å²) >= 11 is 0. The maximum absolute atomic E-state index is 13.5. The van der Waals surface area contributed by atoms with Gasteiger partial charge >= 0.3 is 0 Å². The zero-order valence-electron chi connectivity index (χ0n) is 23.0. The Morgan fingerprint density at radius 1 is 1.12 bits per heavy atom. The highest BCUT2D eigenvalue weighted by molar-refractivity contribution is 6.04. The minimum absolute atomic E-state index is 0.0107. The number of carbonyl (C=O) groups is 2. The van der Waals surface area contributed by atoms with Crippen LogP contribution in [0.25, 0.3) is 16.8 Å². The standard InChI is InChI=1S/C30H32N8O3/c1-36(2)14-5-7-25(39)38-22(16-21-17-41-18-23(21)38)29-35-26(27-28(31)33-13-15-37(27)29)19-8-10-20(11-9-19)30(40)34-24-6-3-4-12-32-24/h3-13,15,21-23H,14,16-18H2,1-2H3,(H2,31,33)(H,32,34,40)/b7-5+/t21-,22-,23+/m0/s1. The molecule has 2 saturated heterocycles. The fourth-order valence-electron chi connectivity index (χ4n) is 5.68. The lowest BCUT2D eigenvalue weighted by atomic mass is 10.0. The van der Waals surface area contributed by atoms with Crippen molar-refractivity contribution in [3.8, 4) is 11.3 Å². The summed E-state index contributed by atoms with van der Waals surface area (Å²) in [6, 6.07) is 12.2. The topological polar surface area (TPSA) is 131 Å². The number of likely N-dealkylation sites (N-methyl/N-ethyl adjacent to an activating group) is 1. The van der Waals surface area contributed by atoms with E-state index in [1.807, 2.05) is 58.8 Å². The van der Waals surface area contributed by atoms with E-state index in [2.05, 4.69) is 15.3 Å². The summed E-state index contributed by atoms with van der Waals surface area (Å²) < 4.78 is 7.69. The lowest BCUT2D eigenvalue weighted by molar-refractivity contribution is -0.129. The SMILES string of the molecule is CN(C)C/C=C/C(=O)N1[C@@H]2COC[C@@H]2C[C@H]1c1nc(-c2ccc(C(=O)Nc3ccccn3)cc2)c2c(N)nccn12. The third-order valence-corrected chi connectivity index (χ3v) is 7.60.